The van der Waals surface area contributed by atoms with E-state index in [1.807, 2.05) is 11.8 Å². The minimum atomic E-state index is -0.664. The van der Waals surface area contributed by atoms with Crippen molar-refractivity contribution < 1.29 is 4.39 Å². The molecule has 1 heterocycles. The first kappa shape index (κ1) is 10.3. The van der Waals surface area contributed by atoms with E-state index in [1.54, 1.807) is 6.92 Å². The molecule has 72 valence electrons. The van der Waals surface area contributed by atoms with Gasteiger partial charge in [-0.2, -0.15) is 11.8 Å². The van der Waals surface area contributed by atoms with Crippen LogP contribution >= 0.6 is 11.8 Å². The van der Waals surface area contributed by atoms with E-state index in [0.717, 1.165) is 12.3 Å². The highest BCUT2D eigenvalue weighted by Crippen LogP contribution is 2.31. The molecule has 0 spiro atoms. The number of hydrogen-bond acceptors (Lipinski definition) is 2. The molecular formula is C9H18FNS. The van der Waals surface area contributed by atoms with Crippen LogP contribution in [0.1, 0.15) is 19.8 Å². The molecule has 3 unspecified atom stereocenters. The molecule has 2 N–H and O–H groups in total. The van der Waals surface area contributed by atoms with E-state index in [2.05, 4.69) is 0 Å². The van der Waals surface area contributed by atoms with Crippen molar-refractivity contribution in [2.24, 2.45) is 17.6 Å². The predicted molar refractivity (Wildman–Crippen MR) is 53.2 cm³/mol. The van der Waals surface area contributed by atoms with Crippen molar-refractivity contribution in [3.63, 3.8) is 0 Å². The molecule has 12 heavy (non-hydrogen) atoms. The van der Waals surface area contributed by atoms with Crippen LogP contribution in [-0.2, 0) is 0 Å². The van der Waals surface area contributed by atoms with Gasteiger partial charge in [-0.3, -0.25) is 0 Å². The predicted octanol–water partition coefficient (Wildman–Crippen LogP) is 2.06. The van der Waals surface area contributed by atoms with Gasteiger partial charge in [-0.25, -0.2) is 4.39 Å². The van der Waals surface area contributed by atoms with Crippen LogP contribution in [0.3, 0.4) is 0 Å². The minimum Gasteiger partial charge on any atom is -0.330 e. The summed E-state index contributed by atoms with van der Waals surface area (Å²) in [5.74, 6) is 3.41. The Balaban J connectivity index is 2.36. The van der Waals surface area contributed by atoms with E-state index in [0.29, 0.717) is 18.3 Å². The molecule has 3 heteroatoms. The van der Waals surface area contributed by atoms with Crippen LogP contribution in [-0.4, -0.2) is 24.2 Å². The topological polar surface area (TPSA) is 26.0 Å². The summed E-state index contributed by atoms with van der Waals surface area (Å²) >= 11 is 1.94. The van der Waals surface area contributed by atoms with Crippen LogP contribution in [0, 0.1) is 11.8 Å². The molecule has 0 aromatic carbocycles. The van der Waals surface area contributed by atoms with Crippen molar-refractivity contribution in [3.05, 3.63) is 0 Å². The summed E-state index contributed by atoms with van der Waals surface area (Å²) in [4.78, 5) is 0. The van der Waals surface area contributed by atoms with Crippen LogP contribution in [0.4, 0.5) is 4.39 Å². The van der Waals surface area contributed by atoms with Crippen molar-refractivity contribution >= 4 is 11.8 Å². The second kappa shape index (κ2) is 5.07. The van der Waals surface area contributed by atoms with E-state index in [9.17, 15) is 4.39 Å². The fourth-order valence-electron chi connectivity index (χ4n) is 1.83. The van der Waals surface area contributed by atoms with Gasteiger partial charge in [-0.15, -0.1) is 0 Å². The summed E-state index contributed by atoms with van der Waals surface area (Å²) in [5, 5.41) is 0. The van der Waals surface area contributed by atoms with E-state index in [-0.39, 0.29) is 0 Å². The maximum absolute atomic E-state index is 12.7. The number of thioether (sulfide) groups is 1. The first-order chi connectivity index (χ1) is 5.74. The standard InChI is InChI=1S/C9H18FNS/c1-7(10)4-9-6-12-3-2-8(9)5-11/h7-9H,2-6,11H2,1H3. The molecule has 0 bridgehead atoms. The van der Waals surface area contributed by atoms with Gasteiger partial charge in [0.1, 0.15) is 0 Å². The van der Waals surface area contributed by atoms with Crippen molar-refractivity contribution in [1.29, 1.82) is 0 Å². The van der Waals surface area contributed by atoms with Gasteiger partial charge in [0.25, 0.3) is 0 Å². The van der Waals surface area contributed by atoms with Crippen LogP contribution < -0.4 is 5.73 Å². The molecule has 1 saturated heterocycles. The molecule has 1 rings (SSSR count). The van der Waals surface area contributed by atoms with Crippen LogP contribution in [0.25, 0.3) is 0 Å². The second-order valence-electron chi connectivity index (χ2n) is 3.64. The Bertz CT molecular complexity index is 130. The molecule has 3 atom stereocenters. The van der Waals surface area contributed by atoms with E-state index < -0.39 is 6.17 Å². The lowest BCUT2D eigenvalue weighted by Crippen LogP contribution is -2.30. The molecule has 0 amide bonds. The Morgan fingerprint density at radius 3 is 2.92 bits per heavy atom. The Hall–Kier alpha value is 0.240. The quantitative estimate of drug-likeness (QED) is 0.739. The molecule has 1 aliphatic rings. The highest BCUT2D eigenvalue weighted by molar-refractivity contribution is 7.99. The van der Waals surface area contributed by atoms with Crippen LogP contribution in [0.15, 0.2) is 0 Å². The van der Waals surface area contributed by atoms with Gasteiger partial charge < -0.3 is 5.73 Å². The average molecular weight is 191 g/mol. The van der Waals surface area contributed by atoms with Gasteiger partial charge in [0.05, 0.1) is 6.17 Å². The molecule has 1 aliphatic heterocycles. The second-order valence-corrected chi connectivity index (χ2v) is 4.79. The fraction of sp³-hybridized carbons (Fsp3) is 1.00. The zero-order valence-electron chi connectivity index (χ0n) is 7.63. The SMILES string of the molecule is CC(F)CC1CSCCC1CN. The molecule has 0 saturated carbocycles. The maximum Gasteiger partial charge on any atom is 0.0976 e. The summed E-state index contributed by atoms with van der Waals surface area (Å²) in [6, 6.07) is 0. The molecule has 0 aliphatic carbocycles. The third-order valence-corrected chi connectivity index (χ3v) is 3.75. The number of nitrogens with two attached hydrogens (primary N) is 1. The Morgan fingerprint density at radius 2 is 2.33 bits per heavy atom. The number of alkyl halides is 1. The molecule has 0 aromatic rings. The summed E-state index contributed by atoms with van der Waals surface area (Å²) in [5.41, 5.74) is 5.64. The zero-order chi connectivity index (χ0) is 8.97. The van der Waals surface area contributed by atoms with E-state index >= 15 is 0 Å². The number of halogens is 1. The first-order valence-electron chi connectivity index (χ1n) is 4.66. The molecule has 0 aromatic heterocycles. The van der Waals surface area contributed by atoms with Crippen LogP contribution in [0.5, 0.6) is 0 Å². The average Bonchev–Trinajstić information content (AvgIpc) is 2.04. The van der Waals surface area contributed by atoms with Gasteiger partial charge >= 0.3 is 0 Å². The van der Waals surface area contributed by atoms with Gasteiger partial charge in [0, 0.05) is 0 Å². The summed E-state index contributed by atoms with van der Waals surface area (Å²) in [7, 11) is 0. The van der Waals surface area contributed by atoms with Gasteiger partial charge in [-0.1, -0.05) is 0 Å². The maximum atomic E-state index is 12.7. The lowest BCUT2D eigenvalue weighted by molar-refractivity contribution is 0.243. The summed E-state index contributed by atoms with van der Waals surface area (Å²) in [6.07, 6.45) is 1.22. The fourth-order valence-corrected chi connectivity index (χ4v) is 3.18. The van der Waals surface area contributed by atoms with Crippen molar-refractivity contribution in [3.8, 4) is 0 Å². The molecule has 1 nitrogen and oxygen atoms in total. The summed E-state index contributed by atoms with van der Waals surface area (Å²) < 4.78 is 12.7. The van der Waals surface area contributed by atoms with E-state index in [1.165, 1.54) is 12.2 Å². The lowest BCUT2D eigenvalue weighted by atomic mass is 9.87. The lowest BCUT2D eigenvalue weighted by Gasteiger charge is -2.30. The normalized spacial score (nSPS) is 33.2. The zero-order valence-corrected chi connectivity index (χ0v) is 8.45. The van der Waals surface area contributed by atoms with Gasteiger partial charge in [-0.05, 0) is 49.7 Å². The Morgan fingerprint density at radius 1 is 1.58 bits per heavy atom. The van der Waals surface area contributed by atoms with E-state index in [4.69, 9.17) is 5.73 Å². The monoisotopic (exact) mass is 191 g/mol. The van der Waals surface area contributed by atoms with Gasteiger partial charge in [0.15, 0.2) is 0 Å². The number of rotatable bonds is 3. The Kier molecular flexibility index (Phi) is 4.36. The smallest absolute Gasteiger partial charge is 0.0976 e. The third-order valence-electron chi connectivity index (χ3n) is 2.56. The largest absolute Gasteiger partial charge is 0.330 e. The van der Waals surface area contributed by atoms with Crippen molar-refractivity contribution in [1.82, 2.24) is 0 Å². The van der Waals surface area contributed by atoms with Gasteiger partial charge in [0.2, 0.25) is 0 Å². The van der Waals surface area contributed by atoms with Crippen LogP contribution in [0.2, 0.25) is 0 Å². The van der Waals surface area contributed by atoms with Crippen molar-refractivity contribution in [2.75, 3.05) is 18.1 Å². The highest BCUT2D eigenvalue weighted by atomic mass is 32.2. The number of hydrogen-bond donors (Lipinski definition) is 1. The first-order valence-corrected chi connectivity index (χ1v) is 5.81. The third kappa shape index (κ3) is 2.94. The Labute approximate surface area is 78.3 Å². The molecule has 0 radical (unpaired) electrons. The molecular weight excluding hydrogens is 173 g/mol. The minimum absolute atomic E-state index is 0.522. The molecule has 1 fully saturated rings. The highest BCUT2D eigenvalue weighted by Gasteiger charge is 2.25. The van der Waals surface area contributed by atoms with Crippen molar-refractivity contribution in [2.45, 2.75) is 25.9 Å². The summed E-state index contributed by atoms with van der Waals surface area (Å²) in [6.45, 7) is 2.38.